The molecular formula is C15H13BrFNO2. The van der Waals surface area contributed by atoms with Crippen LogP contribution in [0.3, 0.4) is 0 Å². The van der Waals surface area contributed by atoms with E-state index in [4.69, 9.17) is 5.11 Å². The van der Waals surface area contributed by atoms with Gasteiger partial charge >= 0.3 is 5.97 Å². The number of carbonyl (C=O) groups is 1. The Bertz CT molecular complexity index is 671. The quantitative estimate of drug-likeness (QED) is 0.898. The monoisotopic (exact) mass is 337 g/mol. The van der Waals surface area contributed by atoms with Crippen LogP contribution in [0, 0.1) is 5.82 Å². The number of nitrogens with zero attached hydrogens (tertiary/aromatic N) is 1. The van der Waals surface area contributed by atoms with Crippen LogP contribution < -0.4 is 0 Å². The molecule has 0 atom stereocenters. The summed E-state index contributed by atoms with van der Waals surface area (Å²) in [5.74, 6) is -1.35. The molecule has 0 radical (unpaired) electrons. The molecule has 1 heterocycles. The van der Waals surface area contributed by atoms with Crippen molar-refractivity contribution in [3.63, 3.8) is 0 Å². The van der Waals surface area contributed by atoms with Gasteiger partial charge in [-0.2, -0.15) is 0 Å². The summed E-state index contributed by atoms with van der Waals surface area (Å²) in [6, 6.07) is 7.49. The number of pyridine rings is 1. The molecule has 0 aliphatic rings. The van der Waals surface area contributed by atoms with Crippen LogP contribution >= 0.6 is 15.9 Å². The van der Waals surface area contributed by atoms with Gasteiger partial charge in [0.25, 0.3) is 0 Å². The SMILES string of the molecule is CC(C)c1nc(-c2ccc(F)cc2Br)ccc1C(=O)O. The molecular weight excluding hydrogens is 325 g/mol. The Balaban J connectivity index is 2.59. The Hall–Kier alpha value is -1.75. The molecule has 104 valence electrons. The van der Waals surface area contributed by atoms with E-state index in [1.54, 1.807) is 12.1 Å². The predicted octanol–water partition coefficient (Wildman–Crippen LogP) is 4.47. The summed E-state index contributed by atoms with van der Waals surface area (Å²) in [5.41, 5.74) is 2.06. The molecule has 3 nitrogen and oxygen atoms in total. The number of carboxylic acid groups (broad SMARTS) is 1. The third kappa shape index (κ3) is 2.88. The van der Waals surface area contributed by atoms with Crippen LogP contribution in [0.4, 0.5) is 4.39 Å². The van der Waals surface area contributed by atoms with Crippen molar-refractivity contribution in [2.24, 2.45) is 0 Å². The van der Waals surface area contributed by atoms with Gasteiger partial charge in [-0.3, -0.25) is 4.98 Å². The van der Waals surface area contributed by atoms with Gasteiger partial charge in [0.15, 0.2) is 0 Å². The summed E-state index contributed by atoms with van der Waals surface area (Å²) in [6.45, 7) is 3.77. The standard InChI is InChI=1S/C15H13BrFNO2/c1-8(2)14-11(15(19)20)5-6-13(18-14)10-4-3-9(17)7-12(10)16/h3-8H,1-2H3,(H,19,20). The molecule has 0 saturated carbocycles. The number of rotatable bonds is 3. The van der Waals surface area contributed by atoms with E-state index in [9.17, 15) is 9.18 Å². The summed E-state index contributed by atoms with van der Waals surface area (Å²) < 4.78 is 13.7. The highest BCUT2D eigenvalue weighted by molar-refractivity contribution is 9.10. The lowest BCUT2D eigenvalue weighted by Gasteiger charge is -2.12. The third-order valence-electron chi connectivity index (χ3n) is 2.91. The van der Waals surface area contributed by atoms with Crippen molar-refractivity contribution in [2.45, 2.75) is 19.8 Å². The Morgan fingerprint density at radius 1 is 1.30 bits per heavy atom. The van der Waals surface area contributed by atoms with Gasteiger partial charge in [0.1, 0.15) is 5.82 Å². The Morgan fingerprint density at radius 2 is 2.00 bits per heavy atom. The Labute approximate surface area is 124 Å². The van der Waals surface area contributed by atoms with Crippen molar-refractivity contribution in [3.8, 4) is 11.3 Å². The normalized spacial score (nSPS) is 10.8. The molecule has 0 fully saturated rings. The van der Waals surface area contributed by atoms with Crippen molar-refractivity contribution in [1.82, 2.24) is 4.98 Å². The number of aromatic nitrogens is 1. The number of benzene rings is 1. The lowest BCUT2D eigenvalue weighted by Crippen LogP contribution is -2.07. The minimum Gasteiger partial charge on any atom is -0.478 e. The number of carboxylic acids is 1. The summed E-state index contributed by atoms with van der Waals surface area (Å²) in [5, 5.41) is 9.17. The molecule has 0 spiro atoms. The number of hydrogen-bond acceptors (Lipinski definition) is 2. The number of aromatic carboxylic acids is 1. The molecule has 0 saturated heterocycles. The maximum atomic E-state index is 13.1. The predicted molar refractivity (Wildman–Crippen MR) is 78.4 cm³/mol. The molecule has 0 aliphatic heterocycles. The summed E-state index contributed by atoms with van der Waals surface area (Å²) in [7, 11) is 0. The fraction of sp³-hybridized carbons (Fsp3) is 0.200. The van der Waals surface area contributed by atoms with Crippen LogP contribution in [-0.4, -0.2) is 16.1 Å². The van der Waals surface area contributed by atoms with Crippen LogP contribution in [0.2, 0.25) is 0 Å². The van der Waals surface area contributed by atoms with Crippen molar-refractivity contribution in [3.05, 3.63) is 51.9 Å². The van der Waals surface area contributed by atoms with Gasteiger partial charge < -0.3 is 5.11 Å². The summed E-state index contributed by atoms with van der Waals surface area (Å²) in [6.07, 6.45) is 0. The van der Waals surface area contributed by atoms with Crippen molar-refractivity contribution >= 4 is 21.9 Å². The molecule has 0 unspecified atom stereocenters. The first kappa shape index (κ1) is 14.7. The molecule has 2 rings (SSSR count). The first-order valence-electron chi connectivity index (χ1n) is 6.10. The van der Waals surface area contributed by atoms with Gasteiger partial charge in [-0.1, -0.05) is 13.8 Å². The maximum Gasteiger partial charge on any atom is 0.337 e. The van der Waals surface area contributed by atoms with E-state index in [2.05, 4.69) is 20.9 Å². The summed E-state index contributed by atoms with van der Waals surface area (Å²) in [4.78, 5) is 15.6. The average molecular weight is 338 g/mol. The Kier molecular flexibility index (Phi) is 4.18. The first-order chi connectivity index (χ1) is 9.40. The lowest BCUT2D eigenvalue weighted by atomic mass is 10.0. The molecule has 0 amide bonds. The zero-order valence-corrected chi connectivity index (χ0v) is 12.6. The Morgan fingerprint density at radius 3 is 2.55 bits per heavy atom. The minimum atomic E-state index is -0.995. The number of hydrogen-bond donors (Lipinski definition) is 1. The fourth-order valence-electron chi connectivity index (χ4n) is 1.94. The van der Waals surface area contributed by atoms with Crippen molar-refractivity contribution < 1.29 is 14.3 Å². The van der Waals surface area contributed by atoms with E-state index in [1.807, 2.05) is 13.8 Å². The van der Waals surface area contributed by atoms with Gasteiger partial charge in [-0.25, -0.2) is 9.18 Å². The zero-order chi connectivity index (χ0) is 14.9. The first-order valence-corrected chi connectivity index (χ1v) is 6.89. The lowest BCUT2D eigenvalue weighted by molar-refractivity contribution is 0.0694. The zero-order valence-electron chi connectivity index (χ0n) is 11.0. The fourth-order valence-corrected chi connectivity index (χ4v) is 2.50. The molecule has 5 heteroatoms. The summed E-state index contributed by atoms with van der Waals surface area (Å²) >= 11 is 3.30. The van der Waals surface area contributed by atoms with Crippen molar-refractivity contribution in [1.29, 1.82) is 0 Å². The van der Waals surface area contributed by atoms with Gasteiger partial charge in [0.2, 0.25) is 0 Å². The largest absolute Gasteiger partial charge is 0.478 e. The van der Waals surface area contributed by atoms with Gasteiger partial charge in [-0.05, 0) is 52.2 Å². The van der Waals surface area contributed by atoms with Crippen LogP contribution in [0.15, 0.2) is 34.8 Å². The highest BCUT2D eigenvalue weighted by Gasteiger charge is 2.16. The molecule has 20 heavy (non-hydrogen) atoms. The number of halogens is 2. The van der Waals surface area contributed by atoms with E-state index in [1.165, 1.54) is 18.2 Å². The second kappa shape index (κ2) is 5.71. The van der Waals surface area contributed by atoms with E-state index >= 15 is 0 Å². The van der Waals surface area contributed by atoms with Crippen LogP contribution in [0.25, 0.3) is 11.3 Å². The molecule has 1 N–H and O–H groups in total. The van der Waals surface area contributed by atoms with Crippen LogP contribution in [-0.2, 0) is 0 Å². The average Bonchev–Trinajstić information content (AvgIpc) is 2.37. The molecule has 2 aromatic rings. The maximum absolute atomic E-state index is 13.1. The minimum absolute atomic E-state index is 0.0136. The highest BCUT2D eigenvalue weighted by atomic mass is 79.9. The van der Waals surface area contributed by atoms with E-state index in [-0.39, 0.29) is 17.3 Å². The van der Waals surface area contributed by atoms with Crippen LogP contribution in [0.5, 0.6) is 0 Å². The topological polar surface area (TPSA) is 50.2 Å². The van der Waals surface area contributed by atoms with Crippen molar-refractivity contribution in [2.75, 3.05) is 0 Å². The molecule has 1 aromatic heterocycles. The highest BCUT2D eigenvalue weighted by Crippen LogP contribution is 2.29. The second-order valence-electron chi connectivity index (χ2n) is 4.71. The molecule has 1 aromatic carbocycles. The van der Waals surface area contributed by atoms with Crippen LogP contribution in [0.1, 0.15) is 35.8 Å². The molecule has 0 bridgehead atoms. The third-order valence-corrected chi connectivity index (χ3v) is 3.57. The second-order valence-corrected chi connectivity index (χ2v) is 5.57. The van der Waals surface area contributed by atoms with Gasteiger partial charge in [-0.15, -0.1) is 0 Å². The van der Waals surface area contributed by atoms with E-state index in [0.717, 1.165) is 5.56 Å². The smallest absolute Gasteiger partial charge is 0.337 e. The van der Waals surface area contributed by atoms with Gasteiger partial charge in [0, 0.05) is 10.0 Å². The van der Waals surface area contributed by atoms with Gasteiger partial charge in [0.05, 0.1) is 17.0 Å². The van der Waals surface area contributed by atoms with E-state index in [0.29, 0.717) is 15.9 Å². The molecule has 0 aliphatic carbocycles. The van der Waals surface area contributed by atoms with E-state index < -0.39 is 5.97 Å².